The quantitative estimate of drug-likeness (QED) is 0.587. The zero-order chi connectivity index (χ0) is 22.1. The number of carbonyl (C=O) groups excluding carboxylic acids is 3. The van der Waals surface area contributed by atoms with E-state index in [4.69, 9.17) is 4.74 Å². The van der Waals surface area contributed by atoms with Crippen molar-refractivity contribution in [3.63, 3.8) is 0 Å². The molecule has 2 rings (SSSR count). The molecule has 0 radical (unpaired) electrons. The summed E-state index contributed by atoms with van der Waals surface area (Å²) in [6.45, 7) is 2.67. The number of benzene rings is 2. The molecule has 0 aliphatic carbocycles. The van der Waals surface area contributed by atoms with E-state index >= 15 is 0 Å². The fraction of sp³-hybridized carbons (Fsp3) is 0.286. The molecule has 2 N–H and O–H groups in total. The van der Waals surface area contributed by atoms with Crippen LogP contribution in [0, 0.1) is 0 Å². The number of hydrogen-bond donors (Lipinski definition) is 2. The number of nitrogens with one attached hydrogen (secondary N) is 2. The van der Waals surface area contributed by atoms with Crippen molar-refractivity contribution in [3.8, 4) is 0 Å². The lowest BCUT2D eigenvalue weighted by Gasteiger charge is -2.14. The second kappa shape index (κ2) is 10.5. The molecule has 0 heterocycles. The maximum absolute atomic E-state index is 12.3. The highest BCUT2D eigenvalue weighted by molar-refractivity contribution is 7.91. The molecule has 160 valence electrons. The third-order valence-corrected chi connectivity index (χ3v) is 5.88. The van der Waals surface area contributed by atoms with Gasteiger partial charge in [-0.05, 0) is 36.8 Å². The molecular formula is C21H24N2O6S. The van der Waals surface area contributed by atoms with Crippen LogP contribution in [0.2, 0.25) is 0 Å². The molecule has 0 aliphatic rings. The summed E-state index contributed by atoms with van der Waals surface area (Å²) in [7, 11) is -3.71. The number of anilines is 1. The van der Waals surface area contributed by atoms with Gasteiger partial charge in [0.1, 0.15) is 0 Å². The minimum absolute atomic E-state index is 0.0267. The maximum Gasteiger partial charge on any atom is 0.307 e. The SMILES string of the molecule is CC(=O)Nc1ccc(S(=O)(=O)CCC(=O)OCC(=O)N[C@H](C)c2ccccc2)cc1. The average Bonchev–Trinajstić information content (AvgIpc) is 2.71. The van der Waals surface area contributed by atoms with Crippen molar-refractivity contribution in [2.24, 2.45) is 0 Å². The summed E-state index contributed by atoms with van der Waals surface area (Å²) in [5, 5.41) is 5.24. The zero-order valence-electron chi connectivity index (χ0n) is 16.8. The van der Waals surface area contributed by atoms with Crippen LogP contribution in [0.1, 0.15) is 31.9 Å². The molecule has 0 unspecified atom stereocenters. The molecule has 2 amide bonds. The minimum atomic E-state index is -3.71. The van der Waals surface area contributed by atoms with Crippen LogP contribution in [0.25, 0.3) is 0 Å². The minimum Gasteiger partial charge on any atom is -0.456 e. The van der Waals surface area contributed by atoms with Gasteiger partial charge in [-0.25, -0.2) is 8.42 Å². The van der Waals surface area contributed by atoms with E-state index < -0.39 is 34.1 Å². The summed E-state index contributed by atoms with van der Waals surface area (Å²) in [5.41, 5.74) is 1.38. The van der Waals surface area contributed by atoms with Crippen LogP contribution in [-0.4, -0.2) is 38.6 Å². The number of rotatable bonds is 9. The first-order valence-electron chi connectivity index (χ1n) is 9.28. The molecular weight excluding hydrogens is 408 g/mol. The van der Waals surface area contributed by atoms with Gasteiger partial charge in [0.15, 0.2) is 16.4 Å². The van der Waals surface area contributed by atoms with Gasteiger partial charge in [0.05, 0.1) is 23.1 Å². The third-order valence-electron chi connectivity index (χ3n) is 4.15. The van der Waals surface area contributed by atoms with Crippen LogP contribution in [0.4, 0.5) is 5.69 Å². The highest BCUT2D eigenvalue weighted by Gasteiger charge is 2.18. The van der Waals surface area contributed by atoms with Gasteiger partial charge in [0.2, 0.25) is 5.91 Å². The molecule has 30 heavy (non-hydrogen) atoms. The third kappa shape index (κ3) is 7.32. The van der Waals surface area contributed by atoms with Crippen LogP contribution < -0.4 is 10.6 Å². The molecule has 2 aromatic carbocycles. The number of carbonyl (C=O) groups is 3. The van der Waals surface area contributed by atoms with Crippen LogP contribution in [0.3, 0.4) is 0 Å². The molecule has 8 nitrogen and oxygen atoms in total. The largest absolute Gasteiger partial charge is 0.456 e. The Hall–Kier alpha value is -3.20. The van der Waals surface area contributed by atoms with Gasteiger partial charge < -0.3 is 15.4 Å². The number of sulfone groups is 1. The summed E-state index contributed by atoms with van der Waals surface area (Å²) in [4.78, 5) is 34.8. The smallest absolute Gasteiger partial charge is 0.307 e. The average molecular weight is 432 g/mol. The molecule has 0 fully saturated rings. The van der Waals surface area contributed by atoms with Gasteiger partial charge in [-0.2, -0.15) is 0 Å². The van der Waals surface area contributed by atoms with Gasteiger partial charge in [0, 0.05) is 12.6 Å². The number of esters is 1. The van der Waals surface area contributed by atoms with E-state index in [9.17, 15) is 22.8 Å². The van der Waals surface area contributed by atoms with Crippen molar-refractivity contribution in [1.82, 2.24) is 5.32 Å². The predicted octanol–water partition coefficient (Wildman–Crippen LogP) is 2.23. The first-order chi connectivity index (χ1) is 14.2. The highest BCUT2D eigenvalue weighted by atomic mass is 32.2. The summed E-state index contributed by atoms with van der Waals surface area (Å²) >= 11 is 0. The monoisotopic (exact) mass is 432 g/mol. The van der Waals surface area contributed by atoms with Crippen molar-refractivity contribution in [2.75, 3.05) is 17.7 Å². The van der Waals surface area contributed by atoms with Crippen LogP contribution in [-0.2, 0) is 29.0 Å². The number of amides is 2. The van der Waals surface area contributed by atoms with Crippen molar-refractivity contribution in [1.29, 1.82) is 0 Å². The Bertz CT molecular complexity index is 988. The van der Waals surface area contributed by atoms with Gasteiger partial charge in [-0.3, -0.25) is 14.4 Å². The molecule has 2 aromatic rings. The fourth-order valence-electron chi connectivity index (χ4n) is 2.61. The molecule has 0 aliphatic heterocycles. The van der Waals surface area contributed by atoms with Crippen molar-refractivity contribution in [2.45, 2.75) is 31.2 Å². The lowest BCUT2D eigenvalue weighted by atomic mass is 10.1. The van der Waals surface area contributed by atoms with E-state index in [0.29, 0.717) is 5.69 Å². The van der Waals surface area contributed by atoms with Crippen LogP contribution in [0.5, 0.6) is 0 Å². The van der Waals surface area contributed by atoms with Crippen molar-refractivity contribution in [3.05, 3.63) is 60.2 Å². The molecule has 0 bridgehead atoms. The van der Waals surface area contributed by atoms with Gasteiger partial charge in [-0.15, -0.1) is 0 Å². The predicted molar refractivity (Wildman–Crippen MR) is 111 cm³/mol. The standard InChI is InChI=1S/C21H24N2O6S/c1-15(17-6-4-3-5-7-17)22-20(25)14-29-21(26)12-13-30(27,28)19-10-8-18(9-11-19)23-16(2)24/h3-11,15H,12-14H2,1-2H3,(H,22,25)(H,23,24)/t15-/m1/s1. The summed E-state index contributed by atoms with van der Waals surface area (Å²) in [5.74, 6) is -1.98. The second-order valence-electron chi connectivity index (χ2n) is 6.64. The lowest BCUT2D eigenvalue weighted by molar-refractivity contribution is -0.148. The maximum atomic E-state index is 12.3. The van der Waals surface area contributed by atoms with E-state index in [0.717, 1.165) is 5.56 Å². The fourth-order valence-corrected chi connectivity index (χ4v) is 3.83. The van der Waals surface area contributed by atoms with Gasteiger partial charge in [-0.1, -0.05) is 30.3 Å². The topological polar surface area (TPSA) is 119 Å². The van der Waals surface area contributed by atoms with E-state index in [1.807, 2.05) is 30.3 Å². The molecule has 0 saturated heterocycles. The number of hydrogen-bond acceptors (Lipinski definition) is 6. The first-order valence-corrected chi connectivity index (χ1v) is 10.9. The van der Waals surface area contributed by atoms with E-state index in [1.54, 1.807) is 6.92 Å². The summed E-state index contributed by atoms with van der Waals surface area (Å²) < 4.78 is 29.5. The normalized spacial score (nSPS) is 11.9. The molecule has 0 spiro atoms. The molecule has 0 aromatic heterocycles. The molecule has 1 atom stereocenters. The number of ether oxygens (including phenoxy) is 1. The Kier molecular flexibility index (Phi) is 8.11. The van der Waals surface area contributed by atoms with Crippen LogP contribution in [0.15, 0.2) is 59.5 Å². The Morgan fingerprint density at radius 2 is 1.63 bits per heavy atom. The van der Waals surface area contributed by atoms with Crippen molar-refractivity contribution < 1.29 is 27.5 Å². The van der Waals surface area contributed by atoms with E-state index in [2.05, 4.69) is 10.6 Å². The van der Waals surface area contributed by atoms with Gasteiger partial charge >= 0.3 is 5.97 Å². The lowest BCUT2D eigenvalue weighted by Crippen LogP contribution is -2.31. The highest BCUT2D eigenvalue weighted by Crippen LogP contribution is 2.16. The summed E-state index contributed by atoms with van der Waals surface area (Å²) in [6, 6.07) is 14.7. The zero-order valence-corrected chi connectivity index (χ0v) is 17.6. The molecule has 9 heteroatoms. The van der Waals surface area contributed by atoms with Crippen LogP contribution >= 0.6 is 0 Å². The van der Waals surface area contributed by atoms with Crippen molar-refractivity contribution >= 4 is 33.3 Å². The van der Waals surface area contributed by atoms with E-state index in [1.165, 1.54) is 31.2 Å². The Labute approximate surface area is 175 Å². The Morgan fingerprint density at radius 1 is 1.00 bits per heavy atom. The summed E-state index contributed by atoms with van der Waals surface area (Å²) in [6.07, 6.45) is -0.378. The Morgan fingerprint density at radius 3 is 2.23 bits per heavy atom. The van der Waals surface area contributed by atoms with Gasteiger partial charge in [0.25, 0.3) is 5.91 Å². The van der Waals surface area contributed by atoms with E-state index in [-0.39, 0.29) is 23.3 Å². The first kappa shape index (κ1) is 23.1. The Balaban J connectivity index is 1.79. The second-order valence-corrected chi connectivity index (χ2v) is 8.74. The molecule has 0 saturated carbocycles.